The number of rotatable bonds is 5. The molecule has 122 valence electrons. The van der Waals surface area contributed by atoms with E-state index in [1.165, 1.54) is 12.1 Å². The number of carbonyl (C=O) groups is 1. The van der Waals surface area contributed by atoms with Crippen molar-refractivity contribution in [3.05, 3.63) is 35.4 Å². The van der Waals surface area contributed by atoms with Crippen molar-refractivity contribution < 1.29 is 23.1 Å². The van der Waals surface area contributed by atoms with Gasteiger partial charge in [0, 0.05) is 19.7 Å². The average molecular weight is 316 g/mol. The van der Waals surface area contributed by atoms with Crippen LogP contribution in [0.5, 0.6) is 0 Å². The molecule has 0 saturated carbocycles. The van der Waals surface area contributed by atoms with Gasteiger partial charge in [0.25, 0.3) is 0 Å². The molecular weight excluding hydrogens is 297 g/mol. The number of alkyl halides is 3. The molecule has 0 aromatic heterocycles. The summed E-state index contributed by atoms with van der Waals surface area (Å²) in [5.41, 5.74) is -0.173. The highest BCUT2D eigenvalue weighted by Gasteiger charge is 2.33. The number of hydrogen-bond acceptors (Lipinski definition) is 3. The van der Waals surface area contributed by atoms with E-state index in [1.807, 2.05) is 4.90 Å². The Kier molecular flexibility index (Phi) is 5.42. The first kappa shape index (κ1) is 16.8. The number of benzene rings is 1. The molecule has 1 aromatic carbocycles. The number of amides is 1. The second-order valence-electron chi connectivity index (χ2n) is 5.28. The number of nitrogens with zero attached hydrogens (tertiary/aromatic N) is 1. The summed E-state index contributed by atoms with van der Waals surface area (Å²) in [5, 5.41) is 11.6. The molecule has 1 aliphatic heterocycles. The zero-order chi connectivity index (χ0) is 16.2. The summed E-state index contributed by atoms with van der Waals surface area (Å²) < 4.78 is 37.8. The number of nitrogens with one attached hydrogen (secondary N) is 1. The standard InChI is InChI=1S/C15H19F3N2O2/c16-15(17,18)12-5-3-11(4-6-12)13-14(22)19-7-9-20(13)8-1-2-10-21/h3-6,13,21H,1-2,7-10H2,(H,19,22). The van der Waals surface area contributed by atoms with E-state index in [4.69, 9.17) is 5.11 Å². The van der Waals surface area contributed by atoms with E-state index in [-0.39, 0.29) is 12.5 Å². The van der Waals surface area contributed by atoms with Gasteiger partial charge in [-0.1, -0.05) is 12.1 Å². The predicted octanol–water partition coefficient (Wildman–Crippen LogP) is 1.95. The van der Waals surface area contributed by atoms with Crippen molar-refractivity contribution in [1.82, 2.24) is 10.2 Å². The molecule has 2 N–H and O–H groups in total. The largest absolute Gasteiger partial charge is 0.416 e. The normalized spacial score (nSPS) is 20.0. The maximum Gasteiger partial charge on any atom is 0.416 e. The fourth-order valence-corrected chi connectivity index (χ4v) is 2.60. The first-order valence-electron chi connectivity index (χ1n) is 7.23. The summed E-state index contributed by atoms with van der Waals surface area (Å²) >= 11 is 0. The van der Waals surface area contributed by atoms with Crippen LogP contribution in [0.15, 0.2) is 24.3 Å². The molecule has 22 heavy (non-hydrogen) atoms. The van der Waals surface area contributed by atoms with Gasteiger partial charge < -0.3 is 10.4 Å². The minimum Gasteiger partial charge on any atom is -0.396 e. The van der Waals surface area contributed by atoms with Crippen molar-refractivity contribution in [2.24, 2.45) is 0 Å². The lowest BCUT2D eigenvalue weighted by atomic mass is 10.0. The molecule has 4 nitrogen and oxygen atoms in total. The Morgan fingerprint density at radius 1 is 1.23 bits per heavy atom. The highest BCUT2D eigenvalue weighted by atomic mass is 19.4. The first-order valence-corrected chi connectivity index (χ1v) is 7.23. The van der Waals surface area contributed by atoms with Gasteiger partial charge in [-0.2, -0.15) is 13.2 Å². The van der Waals surface area contributed by atoms with Crippen LogP contribution in [0.2, 0.25) is 0 Å². The van der Waals surface area contributed by atoms with Gasteiger partial charge in [0.05, 0.1) is 5.56 Å². The Morgan fingerprint density at radius 2 is 1.91 bits per heavy atom. The van der Waals surface area contributed by atoms with Crippen LogP contribution in [0.4, 0.5) is 13.2 Å². The van der Waals surface area contributed by atoms with Gasteiger partial charge in [-0.3, -0.25) is 9.69 Å². The zero-order valence-corrected chi connectivity index (χ0v) is 12.1. The Labute approximate surface area is 126 Å². The van der Waals surface area contributed by atoms with Crippen LogP contribution < -0.4 is 5.32 Å². The second kappa shape index (κ2) is 7.11. The van der Waals surface area contributed by atoms with E-state index < -0.39 is 17.8 Å². The van der Waals surface area contributed by atoms with Crippen LogP contribution in [0.25, 0.3) is 0 Å². The molecule has 1 aliphatic rings. The van der Waals surface area contributed by atoms with Crippen LogP contribution in [0.1, 0.15) is 30.0 Å². The molecule has 1 atom stereocenters. The van der Waals surface area contributed by atoms with E-state index in [1.54, 1.807) is 0 Å². The van der Waals surface area contributed by atoms with Crippen LogP contribution in [0, 0.1) is 0 Å². The number of aliphatic hydroxyl groups is 1. The Bertz CT molecular complexity index is 503. The number of halogens is 3. The minimum atomic E-state index is -4.38. The smallest absolute Gasteiger partial charge is 0.396 e. The zero-order valence-electron chi connectivity index (χ0n) is 12.1. The molecule has 0 bridgehead atoms. The van der Waals surface area contributed by atoms with Gasteiger partial charge in [-0.05, 0) is 37.1 Å². The van der Waals surface area contributed by atoms with Gasteiger partial charge in [-0.25, -0.2) is 0 Å². The van der Waals surface area contributed by atoms with Gasteiger partial charge in [0.15, 0.2) is 0 Å². The molecule has 7 heteroatoms. The van der Waals surface area contributed by atoms with Crippen LogP contribution >= 0.6 is 0 Å². The van der Waals surface area contributed by atoms with Gasteiger partial charge >= 0.3 is 6.18 Å². The third kappa shape index (κ3) is 3.98. The quantitative estimate of drug-likeness (QED) is 0.817. The average Bonchev–Trinajstić information content (AvgIpc) is 2.47. The summed E-state index contributed by atoms with van der Waals surface area (Å²) in [7, 11) is 0. The van der Waals surface area contributed by atoms with Gasteiger partial charge in [0.1, 0.15) is 6.04 Å². The predicted molar refractivity (Wildman–Crippen MR) is 75.1 cm³/mol. The third-order valence-electron chi connectivity index (χ3n) is 3.72. The molecular formula is C15H19F3N2O2. The van der Waals surface area contributed by atoms with Crippen molar-refractivity contribution in [3.63, 3.8) is 0 Å². The molecule has 1 fully saturated rings. The molecule has 1 unspecified atom stereocenters. The molecule has 1 heterocycles. The van der Waals surface area contributed by atoms with Crippen LogP contribution in [-0.2, 0) is 11.0 Å². The highest BCUT2D eigenvalue weighted by Crippen LogP contribution is 2.31. The van der Waals surface area contributed by atoms with Crippen LogP contribution in [-0.4, -0.2) is 42.2 Å². The number of unbranched alkanes of at least 4 members (excludes halogenated alkanes) is 1. The van der Waals surface area contributed by atoms with E-state index in [2.05, 4.69) is 5.32 Å². The molecule has 2 rings (SSSR count). The van der Waals surface area contributed by atoms with Crippen molar-refractivity contribution in [2.75, 3.05) is 26.2 Å². The number of aliphatic hydroxyl groups excluding tert-OH is 1. The molecule has 1 saturated heterocycles. The maximum atomic E-state index is 12.6. The summed E-state index contributed by atoms with van der Waals surface area (Å²) in [6, 6.07) is 4.15. The van der Waals surface area contributed by atoms with Crippen molar-refractivity contribution in [3.8, 4) is 0 Å². The number of carbonyl (C=O) groups excluding carboxylic acids is 1. The van der Waals surface area contributed by atoms with E-state index in [9.17, 15) is 18.0 Å². The molecule has 0 aliphatic carbocycles. The highest BCUT2D eigenvalue weighted by molar-refractivity contribution is 5.83. The first-order chi connectivity index (χ1) is 10.4. The summed E-state index contributed by atoms with van der Waals surface area (Å²) in [5.74, 6) is -0.199. The molecule has 1 amide bonds. The number of piperazine rings is 1. The Morgan fingerprint density at radius 3 is 2.50 bits per heavy atom. The fourth-order valence-electron chi connectivity index (χ4n) is 2.60. The van der Waals surface area contributed by atoms with Crippen LogP contribution in [0.3, 0.4) is 0 Å². The summed E-state index contributed by atoms with van der Waals surface area (Å²) in [4.78, 5) is 14.0. The Hall–Kier alpha value is -1.60. The molecule has 0 spiro atoms. The van der Waals surface area contributed by atoms with Crippen molar-refractivity contribution >= 4 is 5.91 Å². The minimum absolute atomic E-state index is 0.0883. The lowest BCUT2D eigenvalue weighted by molar-refractivity contribution is -0.137. The lowest BCUT2D eigenvalue weighted by Gasteiger charge is -2.35. The summed E-state index contributed by atoms with van der Waals surface area (Å²) in [6.07, 6.45) is -3.01. The van der Waals surface area contributed by atoms with E-state index >= 15 is 0 Å². The van der Waals surface area contributed by atoms with Crippen molar-refractivity contribution in [2.45, 2.75) is 25.1 Å². The fraction of sp³-hybridized carbons (Fsp3) is 0.533. The van der Waals surface area contributed by atoms with E-state index in [0.29, 0.717) is 31.6 Å². The SMILES string of the molecule is O=C1NCCN(CCCCO)C1c1ccc(C(F)(F)F)cc1. The lowest BCUT2D eigenvalue weighted by Crippen LogP contribution is -2.50. The Balaban J connectivity index is 2.16. The second-order valence-corrected chi connectivity index (χ2v) is 5.28. The molecule has 1 aromatic rings. The van der Waals surface area contributed by atoms with E-state index in [0.717, 1.165) is 18.6 Å². The van der Waals surface area contributed by atoms with Gasteiger partial charge in [-0.15, -0.1) is 0 Å². The van der Waals surface area contributed by atoms with Gasteiger partial charge in [0.2, 0.25) is 5.91 Å². The monoisotopic (exact) mass is 316 g/mol. The van der Waals surface area contributed by atoms with Crippen molar-refractivity contribution in [1.29, 1.82) is 0 Å². The third-order valence-corrected chi connectivity index (χ3v) is 3.72. The number of hydrogen-bond donors (Lipinski definition) is 2. The maximum absolute atomic E-state index is 12.6. The summed E-state index contributed by atoms with van der Waals surface area (Å²) in [6.45, 7) is 1.88. The topological polar surface area (TPSA) is 52.6 Å². The molecule has 0 radical (unpaired) electrons.